The highest BCUT2D eigenvalue weighted by molar-refractivity contribution is 5.65. The van der Waals surface area contributed by atoms with E-state index in [4.69, 9.17) is 4.74 Å². The monoisotopic (exact) mass is 244 g/mol. The normalized spacial score (nSPS) is 18.4. The van der Waals surface area contributed by atoms with Gasteiger partial charge < -0.3 is 9.47 Å². The van der Waals surface area contributed by atoms with Crippen LogP contribution in [0, 0.1) is 0 Å². The van der Waals surface area contributed by atoms with E-state index in [0.717, 1.165) is 6.61 Å². The summed E-state index contributed by atoms with van der Waals surface area (Å²) in [5.74, 6) is -0.211. The highest BCUT2D eigenvalue weighted by atomic mass is 16.5. The largest absolute Gasteiger partial charge is 0.466 e. The van der Waals surface area contributed by atoms with Crippen LogP contribution in [0.4, 0.5) is 0 Å². The Hall–Kier alpha value is -0.570. The van der Waals surface area contributed by atoms with Crippen LogP contribution in [0.3, 0.4) is 0 Å². The number of carbonyl (C=O) groups is 1. The molecule has 0 radical (unpaired) electrons. The zero-order chi connectivity index (χ0) is 12.9. The second kappa shape index (κ2) is 11.9. The van der Waals surface area contributed by atoms with Gasteiger partial charge in [-0.25, -0.2) is 0 Å². The Kier molecular flexibility index (Phi) is 11.5. The van der Waals surface area contributed by atoms with Crippen molar-refractivity contribution in [2.75, 3.05) is 13.2 Å². The predicted molar refractivity (Wildman–Crippen MR) is 70.0 cm³/mol. The molecule has 1 saturated heterocycles. The second-order valence-electron chi connectivity index (χ2n) is 4.41. The van der Waals surface area contributed by atoms with E-state index in [-0.39, 0.29) is 5.97 Å². The van der Waals surface area contributed by atoms with Gasteiger partial charge in [-0.15, -0.1) is 0 Å². The first-order chi connectivity index (χ1) is 8.20. The number of esters is 1. The molecule has 3 nitrogen and oxygen atoms in total. The minimum Gasteiger partial charge on any atom is -0.466 e. The Morgan fingerprint density at radius 1 is 1.29 bits per heavy atom. The van der Waals surface area contributed by atoms with Crippen LogP contribution in [0.2, 0.25) is 0 Å². The van der Waals surface area contributed by atoms with Crippen LogP contribution < -0.4 is 0 Å². The fraction of sp³-hybridized carbons (Fsp3) is 0.929. The molecule has 17 heavy (non-hydrogen) atoms. The average molecular weight is 244 g/mol. The van der Waals surface area contributed by atoms with Gasteiger partial charge in [0.2, 0.25) is 0 Å². The summed E-state index contributed by atoms with van der Waals surface area (Å²) in [7, 11) is 0. The fourth-order valence-electron chi connectivity index (χ4n) is 1.87. The van der Waals surface area contributed by atoms with Crippen molar-refractivity contribution in [2.45, 2.75) is 71.8 Å². The van der Waals surface area contributed by atoms with Gasteiger partial charge >= 0.3 is 5.97 Å². The first-order valence-electron chi connectivity index (χ1n) is 6.95. The third kappa shape index (κ3) is 11.7. The van der Waals surface area contributed by atoms with Crippen LogP contribution in [0.15, 0.2) is 0 Å². The average Bonchev–Trinajstić information content (AvgIpc) is 2.78. The number of hydrogen-bond acceptors (Lipinski definition) is 3. The van der Waals surface area contributed by atoms with Crippen molar-refractivity contribution < 1.29 is 14.3 Å². The zero-order valence-corrected chi connectivity index (χ0v) is 11.7. The Balaban J connectivity index is 0.000000366. The van der Waals surface area contributed by atoms with Gasteiger partial charge in [0.1, 0.15) is 0 Å². The predicted octanol–water partition coefficient (Wildman–Crippen LogP) is 3.71. The zero-order valence-electron chi connectivity index (χ0n) is 11.7. The molecular weight excluding hydrogens is 216 g/mol. The first kappa shape index (κ1) is 16.4. The van der Waals surface area contributed by atoms with E-state index in [2.05, 4.69) is 11.7 Å². The number of rotatable bonds is 6. The highest BCUT2D eigenvalue weighted by Crippen LogP contribution is 2.18. The van der Waals surface area contributed by atoms with Crippen molar-refractivity contribution in [1.82, 2.24) is 0 Å². The van der Waals surface area contributed by atoms with Crippen LogP contribution in [0.25, 0.3) is 0 Å². The van der Waals surface area contributed by atoms with E-state index < -0.39 is 0 Å². The van der Waals surface area contributed by atoms with E-state index in [1.165, 1.54) is 51.9 Å². The first-order valence-corrected chi connectivity index (χ1v) is 6.95. The Morgan fingerprint density at radius 3 is 2.47 bits per heavy atom. The summed E-state index contributed by atoms with van der Waals surface area (Å²) in [5.41, 5.74) is 0. The molecule has 1 heterocycles. The molecule has 1 aliphatic heterocycles. The molecule has 1 fully saturated rings. The van der Waals surface area contributed by atoms with E-state index in [1.807, 2.05) is 0 Å². The summed E-state index contributed by atoms with van der Waals surface area (Å²) in [6, 6.07) is 0. The lowest BCUT2D eigenvalue weighted by molar-refractivity contribution is -0.140. The van der Waals surface area contributed by atoms with E-state index >= 15 is 0 Å². The van der Waals surface area contributed by atoms with Crippen molar-refractivity contribution >= 4 is 5.97 Å². The molecule has 3 heteroatoms. The maximum Gasteiger partial charge on any atom is 0.302 e. The van der Waals surface area contributed by atoms with Crippen molar-refractivity contribution in [3.8, 4) is 0 Å². The minimum atomic E-state index is -0.211. The van der Waals surface area contributed by atoms with E-state index in [1.54, 1.807) is 6.92 Å². The molecular formula is C14H28O3. The quantitative estimate of drug-likeness (QED) is 0.528. The topological polar surface area (TPSA) is 35.5 Å². The molecule has 0 N–H and O–H groups in total. The molecule has 1 atom stereocenters. The van der Waals surface area contributed by atoms with Gasteiger partial charge in [0, 0.05) is 13.5 Å². The third-order valence-electron chi connectivity index (χ3n) is 2.75. The SMILES string of the molecule is CCCCCCC1CCCO1.CCOC(C)=O. The Bertz CT molecular complexity index is 174. The summed E-state index contributed by atoms with van der Waals surface area (Å²) >= 11 is 0. The Morgan fingerprint density at radius 2 is 2.06 bits per heavy atom. The smallest absolute Gasteiger partial charge is 0.302 e. The molecule has 0 aromatic heterocycles. The molecule has 0 aromatic carbocycles. The van der Waals surface area contributed by atoms with Crippen LogP contribution in [0.1, 0.15) is 65.7 Å². The summed E-state index contributed by atoms with van der Waals surface area (Å²) < 4.78 is 9.94. The van der Waals surface area contributed by atoms with Crippen LogP contribution >= 0.6 is 0 Å². The molecule has 1 unspecified atom stereocenters. The van der Waals surface area contributed by atoms with Crippen molar-refractivity contribution in [3.63, 3.8) is 0 Å². The van der Waals surface area contributed by atoms with Gasteiger partial charge in [-0.3, -0.25) is 4.79 Å². The lowest BCUT2D eigenvalue weighted by Gasteiger charge is -2.07. The summed E-state index contributed by atoms with van der Waals surface area (Å²) in [5, 5.41) is 0. The molecule has 0 aromatic rings. The summed E-state index contributed by atoms with van der Waals surface area (Å²) in [4.78, 5) is 9.82. The number of carbonyl (C=O) groups excluding carboxylic acids is 1. The summed E-state index contributed by atoms with van der Waals surface area (Å²) in [6.45, 7) is 6.92. The van der Waals surface area contributed by atoms with Gasteiger partial charge in [-0.1, -0.05) is 32.6 Å². The minimum absolute atomic E-state index is 0.211. The highest BCUT2D eigenvalue weighted by Gasteiger charge is 2.13. The van der Waals surface area contributed by atoms with Gasteiger partial charge in [0.25, 0.3) is 0 Å². The lowest BCUT2D eigenvalue weighted by atomic mass is 10.1. The van der Waals surface area contributed by atoms with E-state index in [9.17, 15) is 4.79 Å². The summed E-state index contributed by atoms with van der Waals surface area (Å²) in [6.07, 6.45) is 10.0. The maximum absolute atomic E-state index is 9.82. The van der Waals surface area contributed by atoms with Crippen LogP contribution in [-0.4, -0.2) is 25.3 Å². The van der Waals surface area contributed by atoms with Gasteiger partial charge in [-0.05, 0) is 26.2 Å². The molecule has 0 spiro atoms. The Labute approximate surface area is 106 Å². The number of unbranched alkanes of at least 4 members (excludes halogenated alkanes) is 3. The van der Waals surface area contributed by atoms with Crippen molar-refractivity contribution in [2.24, 2.45) is 0 Å². The number of ether oxygens (including phenoxy) is 2. The number of hydrogen-bond donors (Lipinski definition) is 0. The van der Waals surface area contributed by atoms with Crippen molar-refractivity contribution in [3.05, 3.63) is 0 Å². The molecule has 1 rings (SSSR count). The molecule has 0 aliphatic carbocycles. The second-order valence-corrected chi connectivity index (χ2v) is 4.41. The van der Waals surface area contributed by atoms with Gasteiger partial charge in [-0.2, -0.15) is 0 Å². The van der Waals surface area contributed by atoms with E-state index in [0.29, 0.717) is 12.7 Å². The molecule has 1 aliphatic rings. The van der Waals surface area contributed by atoms with Gasteiger partial charge in [0.15, 0.2) is 0 Å². The van der Waals surface area contributed by atoms with Crippen molar-refractivity contribution in [1.29, 1.82) is 0 Å². The van der Waals surface area contributed by atoms with Gasteiger partial charge in [0.05, 0.1) is 12.7 Å². The maximum atomic E-state index is 9.82. The third-order valence-corrected chi connectivity index (χ3v) is 2.75. The molecule has 0 amide bonds. The van der Waals surface area contributed by atoms with Crippen LogP contribution in [-0.2, 0) is 14.3 Å². The van der Waals surface area contributed by atoms with Crippen LogP contribution in [0.5, 0.6) is 0 Å². The lowest BCUT2D eigenvalue weighted by Crippen LogP contribution is -2.03. The molecule has 0 bridgehead atoms. The molecule has 0 saturated carbocycles. The fourth-order valence-corrected chi connectivity index (χ4v) is 1.87. The molecule has 102 valence electrons. The standard InChI is InChI=1S/C10H20O.C4H8O2/c1-2-3-4-5-7-10-8-6-9-11-10;1-3-6-4(2)5/h10H,2-9H2,1H3;3H2,1-2H3.